The van der Waals surface area contributed by atoms with E-state index in [2.05, 4.69) is 0 Å². The van der Waals surface area contributed by atoms with Crippen LogP contribution in [0.25, 0.3) is 6.08 Å². The summed E-state index contributed by atoms with van der Waals surface area (Å²) in [5.41, 5.74) is 0.824. The van der Waals surface area contributed by atoms with Gasteiger partial charge in [0.05, 0.1) is 11.2 Å². The van der Waals surface area contributed by atoms with E-state index in [4.69, 9.17) is 4.74 Å². The first-order chi connectivity index (χ1) is 11.4. The maximum atomic E-state index is 12.5. The molecule has 0 aliphatic carbocycles. The molecular formula is C20H20O4. The van der Waals surface area contributed by atoms with Crippen molar-refractivity contribution in [2.75, 3.05) is 0 Å². The Morgan fingerprint density at radius 1 is 1.21 bits per heavy atom. The Hall–Kier alpha value is -2.59. The Kier molecular flexibility index (Phi) is 4.16. The third-order valence-corrected chi connectivity index (χ3v) is 4.17. The van der Waals surface area contributed by atoms with Crippen LogP contribution in [0.2, 0.25) is 0 Å². The largest absolute Gasteiger partial charge is 0.508 e. The fraction of sp³-hybridized carbons (Fsp3) is 0.250. The second-order valence-corrected chi connectivity index (χ2v) is 6.51. The normalized spacial score (nSPS) is 16.9. The SMILES string of the molecule is CC(C)(O)C1Cc2c(O)ccc(C(=O)/C=C/c3ccccc3)c2O1. The number of aliphatic hydroxyl groups is 1. The minimum absolute atomic E-state index is 0.0836. The Morgan fingerprint density at radius 3 is 2.58 bits per heavy atom. The van der Waals surface area contributed by atoms with Crippen molar-refractivity contribution in [3.05, 3.63) is 65.2 Å². The Balaban J connectivity index is 1.90. The van der Waals surface area contributed by atoms with Crippen molar-refractivity contribution in [3.63, 3.8) is 0 Å². The quantitative estimate of drug-likeness (QED) is 0.668. The molecule has 4 heteroatoms. The minimum atomic E-state index is -1.06. The van der Waals surface area contributed by atoms with Crippen molar-refractivity contribution >= 4 is 11.9 Å². The van der Waals surface area contributed by atoms with Crippen LogP contribution in [0.1, 0.15) is 35.3 Å². The van der Waals surface area contributed by atoms with Crippen LogP contribution >= 0.6 is 0 Å². The topological polar surface area (TPSA) is 66.8 Å². The molecule has 0 fully saturated rings. The number of allylic oxidation sites excluding steroid dienone is 1. The van der Waals surface area contributed by atoms with Gasteiger partial charge in [-0.2, -0.15) is 0 Å². The van der Waals surface area contributed by atoms with Gasteiger partial charge >= 0.3 is 0 Å². The van der Waals surface area contributed by atoms with Crippen LogP contribution in [-0.4, -0.2) is 27.7 Å². The van der Waals surface area contributed by atoms with E-state index < -0.39 is 11.7 Å². The van der Waals surface area contributed by atoms with Gasteiger partial charge in [0.15, 0.2) is 5.78 Å². The lowest BCUT2D eigenvalue weighted by Gasteiger charge is -2.24. The van der Waals surface area contributed by atoms with Gasteiger partial charge in [0.2, 0.25) is 0 Å². The lowest BCUT2D eigenvalue weighted by atomic mass is 9.96. The number of phenols is 1. The van der Waals surface area contributed by atoms with Crippen molar-refractivity contribution in [1.29, 1.82) is 0 Å². The van der Waals surface area contributed by atoms with Gasteiger partial charge in [-0.3, -0.25) is 4.79 Å². The van der Waals surface area contributed by atoms with E-state index in [-0.39, 0.29) is 11.5 Å². The first-order valence-electron chi connectivity index (χ1n) is 7.87. The average Bonchev–Trinajstić information content (AvgIpc) is 3.00. The molecule has 1 aliphatic heterocycles. The van der Waals surface area contributed by atoms with E-state index in [1.807, 2.05) is 30.3 Å². The molecule has 0 aromatic heterocycles. The predicted molar refractivity (Wildman–Crippen MR) is 92.3 cm³/mol. The van der Waals surface area contributed by atoms with Gasteiger partial charge in [-0.1, -0.05) is 36.4 Å². The molecule has 4 nitrogen and oxygen atoms in total. The van der Waals surface area contributed by atoms with Crippen LogP contribution in [-0.2, 0) is 6.42 Å². The third kappa shape index (κ3) is 3.19. The number of carbonyl (C=O) groups excluding carboxylic acids is 1. The fourth-order valence-electron chi connectivity index (χ4n) is 2.73. The van der Waals surface area contributed by atoms with Crippen molar-refractivity contribution in [3.8, 4) is 11.5 Å². The van der Waals surface area contributed by atoms with Crippen LogP contribution in [0.3, 0.4) is 0 Å². The number of phenolic OH excluding ortho intramolecular Hbond substituents is 1. The van der Waals surface area contributed by atoms with E-state index in [1.54, 1.807) is 26.0 Å². The molecule has 0 saturated heterocycles. The molecule has 2 N–H and O–H groups in total. The maximum absolute atomic E-state index is 12.5. The number of carbonyl (C=O) groups is 1. The molecule has 2 aromatic carbocycles. The Labute approximate surface area is 141 Å². The number of hydrogen-bond acceptors (Lipinski definition) is 4. The summed E-state index contributed by atoms with van der Waals surface area (Å²) < 4.78 is 5.79. The van der Waals surface area contributed by atoms with E-state index in [9.17, 15) is 15.0 Å². The van der Waals surface area contributed by atoms with Crippen LogP contribution in [0, 0.1) is 0 Å². The second kappa shape index (κ2) is 6.13. The van der Waals surface area contributed by atoms with Gasteiger partial charge in [0.1, 0.15) is 17.6 Å². The highest BCUT2D eigenvalue weighted by molar-refractivity contribution is 6.09. The lowest BCUT2D eigenvalue weighted by molar-refractivity contribution is -0.0231. The zero-order valence-corrected chi connectivity index (χ0v) is 13.7. The second-order valence-electron chi connectivity index (χ2n) is 6.51. The number of benzene rings is 2. The number of hydrogen-bond donors (Lipinski definition) is 2. The molecular weight excluding hydrogens is 304 g/mol. The van der Waals surface area contributed by atoms with E-state index in [0.717, 1.165) is 5.56 Å². The Morgan fingerprint density at radius 2 is 1.92 bits per heavy atom. The lowest BCUT2D eigenvalue weighted by Crippen LogP contribution is -2.39. The molecule has 3 rings (SSSR count). The Bertz CT molecular complexity index is 785. The molecule has 0 spiro atoms. The van der Waals surface area contributed by atoms with Crippen LogP contribution < -0.4 is 4.74 Å². The first kappa shape index (κ1) is 16.3. The predicted octanol–water partition coefficient (Wildman–Crippen LogP) is 3.36. The van der Waals surface area contributed by atoms with Gasteiger partial charge in [0.25, 0.3) is 0 Å². The molecule has 124 valence electrons. The monoisotopic (exact) mass is 324 g/mol. The summed E-state index contributed by atoms with van der Waals surface area (Å²) in [6, 6.07) is 12.6. The molecule has 1 heterocycles. The molecule has 24 heavy (non-hydrogen) atoms. The highest BCUT2D eigenvalue weighted by atomic mass is 16.5. The molecule has 2 aromatic rings. The average molecular weight is 324 g/mol. The van der Waals surface area contributed by atoms with Crippen LogP contribution in [0.5, 0.6) is 11.5 Å². The van der Waals surface area contributed by atoms with Crippen LogP contribution in [0.15, 0.2) is 48.5 Å². The van der Waals surface area contributed by atoms with Gasteiger partial charge < -0.3 is 14.9 Å². The van der Waals surface area contributed by atoms with Crippen molar-refractivity contribution in [2.45, 2.75) is 32.0 Å². The summed E-state index contributed by atoms with van der Waals surface area (Å²) in [4.78, 5) is 12.5. The number of ketones is 1. The van der Waals surface area contributed by atoms with Gasteiger partial charge in [0, 0.05) is 12.0 Å². The summed E-state index contributed by atoms with van der Waals surface area (Å²) in [5.74, 6) is 0.247. The van der Waals surface area contributed by atoms with Crippen LogP contribution in [0.4, 0.5) is 0 Å². The van der Waals surface area contributed by atoms with E-state index in [1.165, 1.54) is 12.1 Å². The molecule has 0 saturated carbocycles. The maximum Gasteiger partial charge on any atom is 0.189 e. The molecule has 0 amide bonds. The highest BCUT2D eigenvalue weighted by Gasteiger charge is 2.38. The van der Waals surface area contributed by atoms with E-state index in [0.29, 0.717) is 23.3 Å². The zero-order valence-electron chi connectivity index (χ0n) is 13.7. The number of fused-ring (bicyclic) bond motifs is 1. The summed E-state index contributed by atoms with van der Waals surface area (Å²) in [5, 5.41) is 20.2. The molecule has 1 unspecified atom stereocenters. The van der Waals surface area contributed by atoms with Crippen molar-refractivity contribution in [2.24, 2.45) is 0 Å². The highest BCUT2D eigenvalue weighted by Crippen LogP contribution is 2.41. The van der Waals surface area contributed by atoms with Crippen molar-refractivity contribution in [1.82, 2.24) is 0 Å². The summed E-state index contributed by atoms with van der Waals surface area (Å²) >= 11 is 0. The minimum Gasteiger partial charge on any atom is -0.508 e. The fourth-order valence-corrected chi connectivity index (χ4v) is 2.73. The van der Waals surface area contributed by atoms with Gasteiger partial charge in [-0.15, -0.1) is 0 Å². The standard InChI is InChI=1S/C20H20O4/c1-20(2,23)18-12-15-17(22)11-9-14(19(15)24-18)16(21)10-8-13-6-4-3-5-7-13/h3-11,18,22-23H,12H2,1-2H3/b10-8+. The number of ether oxygens (including phenoxy) is 1. The molecule has 1 aliphatic rings. The first-order valence-corrected chi connectivity index (χ1v) is 7.87. The van der Waals surface area contributed by atoms with E-state index >= 15 is 0 Å². The number of rotatable bonds is 4. The number of aromatic hydroxyl groups is 1. The summed E-state index contributed by atoms with van der Waals surface area (Å²) in [7, 11) is 0. The third-order valence-electron chi connectivity index (χ3n) is 4.17. The molecule has 0 radical (unpaired) electrons. The zero-order chi connectivity index (χ0) is 17.3. The van der Waals surface area contributed by atoms with Gasteiger partial charge in [-0.05, 0) is 37.6 Å². The summed E-state index contributed by atoms with van der Waals surface area (Å²) in [6.07, 6.45) is 3.10. The molecule has 1 atom stereocenters. The van der Waals surface area contributed by atoms with Crippen molar-refractivity contribution < 1.29 is 19.7 Å². The summed E-state index contributed by atoms with van der Waals surface area (Å²) in [6.45, 7) is 3.30. The smallest absolute Gasteiger partial charge is 0.189 e. The van der Waals surface area contributed by atoms with Gasteiger partial charge in [-0.25, -0.2) is 0 Å². The molecule has 0 bridgehead atoms.